The molecule has 0 saturated carbocycles. The summed E-state index contributed by atoms with van der Waals surface area (Å²) in [5.74, 6) is -0.182. The van der Waals surface area contributed by atoms with Gasteiger partial charge in [0, 0.05) is 6.20 Å². The molecule has 0 aromatic carbocycles. The molecule has 0 aliphatic carbocycles. The molecule has 15 heavy (non-hydrogen) atoms. The number of hydrogen-bond acceptors (Lipinski definition) is 4. The molecule has 0 bridgehead atoms. The third-order valence-electron chi connectivity index (χ3n) is 2.35. The normalized spacial score (nSPS) is 14.6. The molecule has 1 rings (SSSR count). The number of nitrogens with one attached hydrogen (secondary N) is 1. The Kier molecular flexibility index (Phi) is 3.79. The maximum Gasteiger partial charge on any atom is 0.242 e. The van der Waals surface area contributed by atoms with Crippen LogP contribution in [0.4, 0.5) is 0 Å². The SMILES string of the molecule is CCC(C)(CO)NC(=O)Cn1ccnn1. The Hall–Kier alpha value is -1.43. The van der Waals surface area contributed by atoms with E-state index in [2.05, 4.69) is 15.6 Å². The quantitative estimate of drug-likeness (QED) is 0.693. The minimum Gasteiger partial charge on any atom is -0.394 e. The van der Waals surface area contributed by atoms with E-state index in [9.17, 15) is 4.79 Å². The number of carbonyl (C=O) groups is 1. The fraction of sp³-hybridized carbons (Fsp3) is 0.667. The number of rotatable bonds is 5. The van der Waals surface area contributed by atoms with E-state index < -0.39 is 5.54 Å². The largest absolute Gasteiger partial charge is 0.394 e. The number of hydrogen-bond donors (Lipinski definition) is 2. The van der Waals surface area contributed by atoms with E-state index in [4.69, 9.17) is 5.11 Å². The van der Waals surface area contributed by atoms with Crippen molar-refractivity contribution in [1.82, 2.24) is 20.3 Å². The smallest absolute Gasteiger partial charge is 0.242 e. The number of amides is 1. The van der Waals surface area contributed by atoms with Gasteiger partial charge in [-0.25, -0.2) is 4.68 Å². The maximum atomic E-state index is 11.5. The molecule has 84 valence electrons. The van der Waals surface area contributed by atoms with E-state index >= 15 is 0 Å². The fourth-order valence-corrected chi connectivity index (χ4v) is 1.08. The first-order valence-electron chi connectivity index (χ1n) is 4.85. The highest BCUT2D eigenvalue weighted by Crippen LogP contribution is 2.07. The molecule has 6 heteroatoms. The molecule has 1 amide bonds. The molecule has 1 atom stereocenters. The predicted molar refractivity (Wildman–Crippen MR) is 53.9 cm³/mol. The second-order valence-electron chi connectivity index (χ2n) is 3.72. The van der Waals surface area contributed by atoms with Crippen LogP contribution >= 0.6 is 0 Å². The third kappa shape index (κ3) is 3.32. The lowest BCUT2D eigenvalue weighted by atomic mass is 10.0. The zero-order valence-corrected chi connectivity index (χ0v) is 8.97. The molecular weight excluding hydrogens is 196 g/mol. The lowest BCUT2D eigenvalue weighted by Crippen LogP contribution is -2.49. The van der Waals surface area contributed by atoms with Crippen LogP contribution in [0.5, 0.6) is 0 Å². The van der Waals surface area contributed by atoms with Crippen LogP contribution in [0.3, 0.4) is 0 Å². The van der Waals surface area contributed by atoms with Crippen molar-refractivity contribution in [3.8, 4) is 0 Å². The standard InChI is InChI=1S/C9H16N4O2/c1-3-9(2,7-14)11-8(15)6-13-5-4-10-12-13/h4-5,14H,3,6-7H2,1-2H3,(H,11,15). The van der Waals surface area contributed by atoms with Crippen LogP contribution in [0.15, 0.2) is 12.4 Å². The van der Waals surface area contributed by atoms with Gasteiger partial charge in [-0.05, 0) is 13.3 Å². The molecule has 0 radical (unpaired) electrons. The Bertz CT molecular complexity index is 306. The first-order valence-corrected chi connectivity index (χ1v) is 4.85. The highest BCUT2D eigenvalue weighted by molar-refractivity contribution is 5.76. The Morgan fingerprint density at radius 2 is 2.40 bits per heavy atom. The molecule has 1 unspecified atom stereocenters. The van der Waals surface area contributed by atoms with Gasteiger partial charge in [0.05, 0.1) is 18.3 Å². The van der Waals surface area contributed by atoms with Gasteiger partial charge < -0.3 is 10.4 Å². The van der Waals surface area contributed by atoms with Crippen LogP contribution < -0.4 is 5.32 Å². The summed E-state index contributed by atoms with van der Waals surface area (Å²) < 4.78 is 1.43. The van der Waals surface area contributed by atoms with Crippen molar-refractivity contribution in [2.24, 2.45) is 0 Å². The highest BCUT2D eigenvalue weighted by atomic mass is 16.3. The summed E-state index contributed by atoms with van der Waals surface area (Å²) in [6.45, 7) is 3.75. The van der Waals surface area contributed by atoms with Gasteiger partial charge in [0.2, 0.25) is 5.91 Å². The summed E-state index contributed by atoms with van der Waals surface area (Å²) in [5, 5.41) is 19.1. The van der Waals surface area contributed by atoms with E-state index in [-0.39, 0.29) is 19.1 Å². The van der Waals surface area contributed by atoms with Gasteiger partial charge >= 0.3 is 0 Å². The van der Waals surface area contributed by atoms with Crippen molar-refractivity contribution in [3.05, 3.63) is 12.4 Å². The first kappa shape index (κ1) is 11.6. The van der Waals surface area contributed by atoms with E-state index in [1.54, 1.807) is 13.1 Å². The molecule has 1 aromatic heterocycles. The van der Waals surface area contributed by atoms with Crippen LogP contribution in [-0.2, 0) is 11.3 Å². The number of aliphatic hydroxyl groups is 1. The van der Waals surface area contributed by atoms with E-state index in [1.165, 1.54) is 10.9 Å². The van der Waals surface area contributed by atoms with Crippen LogP contribution in [-0.4, -0.2) is 38.2 Å². The minimum absolute atomic E-state index is 0.0768. The zero-order chi connectivity index (χ0) is 11.3. The van der Waals surface area contributed by atoms with E-state index in [0.29, 0.717) is 6.42 Å². The molecule has 0 saturated heterocycles. The van der Waals surface area contributed by atoms with Gasteiger partial charge in [-0.1, -0.05) is 12.1 Å². The second-order valence-corrected chi connectivity index (χ2v) is 3.72. The lowest BCUT2D eigenvalue weighted by molar-refractivity contribution is -0.124. The van der Waals surface area contributed by atoms with Gasteiger partial charge in [-0.2, -0.15) is 0 Å². The highest BCUT2D eigenvalue weighted by Gasteiger charge is 2.23. The fourth-order valence-electron chi connectivity index (χ4n) is 1.08. The topological polar surface area (TPSA) is 80.0 Å². The molecule has 0 aliphatic heterocycles. The molecule has 1 aromatic rings. The van der Waals surface area contributed by atoms with Gasteiger partial charge in [0.25, 0.3) is 0 Å². The number of aromatic nitrogens is 3. The predicted octanol–water partition coefficient (Wildman–Crippen LogP) is -0.445. The molecule has 0 spiro atoms. The third-order valence-corrected chi connectivity index (χ3v) is 2.35. The maximum absolute atomic E-state index is 11.5. The summed E-state index contributed by atoms with van der Waals surface area (Å²) in [4.78, 5) is 11.5. The number of nitrogens with zero attached hydrogens (tertiary/aromatic N) is 3. The molecule has 2 N–H and O–H groups in total. The average Bonchev–Trinajstić information content (AvgIpc) is 2.70. The summed E-state index contributed by atoms with van der Waals surface area (Å²) in [5.41, 5.74) is -0.558. The summed E-state index contributed by atoms with van der Waals surface area (Å²) in [6, 6.07) is 0. The van der Waals surface area contributed by atoms with Crippen LogP contribution in [0, 0.1) is 0 Å². The Balaban J connectivity index is 2.49. The Morgan fingerprint density at radius 1 is 1.67 bits per heavy atom. The monoisotopic (exact) mass is 212 g/mol. The van der Waals surface area contributed by atoms with Gasteiger partial charge in [0.15, 0.2) is 0 Å². The average molecular weight is 212 g/mol. The van der Waals surface area contributed by atoms with Crippen molar-refractivity contribution in [1.29, 1.82) is 0 Å². The Labute approximate surface area is 88.3 Å². The molecule has 1 heterocycles. The van der Waals surface area contributed by atoms with Crippen molar-refractivity contribution in [2.45, 2.75) is 32.4 Å². The van der Waals surface area contributed by atoms with E-state index in [1.807, 2.05) is 6.92 Å². The molecule has 0 fully saturated rings. The summed E-state index contributed by atoms with van der Waals surface area (Å²) in [6.07, 6.45) is 3.80. The van der Waals surface area contributed by atoms with Gasteiger partial charge in [-0.3, -0.25) is 4.79 Å². The molecule has 6 nitrogen and oxygen atoms in total. The van der Waals surface area contributed by atoms with Crippen molar-refractivity contribution in [3.63, 3.8) is 0 Å². The summed E-state index contributed by atoms with van der Waals surface area (Å²) >= 11 is 0. The van der Waals surface area contributed by atoms with E-state index in [0.717, 1.165) is 0 Å². The zero-order valence-electron chi connectivity index (χ0n) is 8.97. The van der Waals surface area contributed by atoms with Crippen LogP contribution in [0.1, 0.15) is 20.3 Å². The summed E-state index contributed by atoms with van der Waals surface area (Å²) in [7, 11) is 0. The van der Waals surface area contributed by atoms with Crippen molar-refractivity contribution < 1.29 is 9.90 Å². The van der Waals surface area contributed by atoms with Crippen molar-refractivity contribution >= 4 is 5.91 Å². The Morgan fingerprint density at radius 3 is 2.87 bits per heavy atom. The first-order chi connectivity index (χ1) is 7.09. The molecular formula is C9H16N4O2. The minimum atomic E-state index is -0.558. The van der Waals surface area contributed by atoms with Crippen molar-refractivity contribution in [2.75, 3.05) is 6.61 Å². The lowest BCUT2D eigenvalue weighted by Gasteiger charge is -2.27. The van der Waals surface area contributed by atoms with Gasteiger partial charge in [0.1, 0.15) is 6.54 Å². The molecule has 0 aliphatic rings. The second kappa shape index (κ2) is 4.88. The van der Waals surface area contributed by atoms with Crippen LogP contribution in [0.2, 0.25) is 0 Å². The number of aliphatic hydroxyl groups excluding tert-OH is 1. The van der Waals surface area contributed by atoms with Crippen LogP contribution in [0.25, 0.3) is 0 Å². The van der Waals surface area contributed by atoms with Gasteiger partial charge in [-0.15, -0.1) is 5.10 Å². The number of carbonyl (C=O) groups excluding carboxylic acids is 1.